The van der Waals surface area contributed by atoms with Crippen molar-refractivity contribution in [1.29, 1.82) is 0 Å². The van der Waals surface area contributed by atoms with E-state index in [-0.39, 0.29) is 19.1 Å². The molecule has 0 saturated carbocycles. The van der Waals surface area contributed by atoms with Gasteiger partial charge in [-0.1, -0.05) is 35.9 Å². The highest BCUT2D eigenvalue weighted by Gasteiger charge is 2.19. The molecule has 8 nitrogen and oxygen atoms in total. The number of carbonyl (C=O) groups excluding carboxylic acids is 1. The maximum atomic E-state index is 12.5. The number of sulfonamides is 1. The van der Waals surface area contributed by atoms with Gasteiger partial charge in [0.25, 0.3) is 5.91 Å². The lowest BCUT2D eigenvalue weighted by atomic mass is 10.1. The Labute approximate surface area is 210 Å². The Bertz CT molecular complexity index is 1270. The highest BCUT2D eigenvalue weighted by molar-refractivity contribution is 7.92. The first-order valence-corrected chi connectivity index (χ1v) is 12.9. The topological polar surface area (TPSA) is 94.2 Å². The molecule has 1 amide bonds. The van der Waals surface area contributed by atoms with E-state index in [1.165, 1.54) is 17.5 Å². The fourth-order valence-corrected chi connectivity index (χ4v) is 4.44. The molecule has 186 valence electrons. The number of carbonyl (C=O) groups is 1. The molecule has 0 aliphatic carbocycles. The molecule has 0 aromatic heterocycles. The minimum atomic E-state index is -3.59. The van der Waals surface area contributed by atoms with Crippen LogP contribution in [0.2, 0.25) is 5.02 Å². The third-order valence-corrected chi connectivity index (χ3v) is 6.52. The zero-order chi connectivity index (χ0) is 25.4. The van der Waals surface area contributed by atoms with E-state index in [0.29, 0.717) is 45.6 Å². The third-order valence-electron chi connectivity index (χ3n) is 5.08. The Balaban J connectivity index is 1.60. The van der Waals surface area contributed by atoms with Crippen molar-refractivity contribution in [2.24, 2.45) is 0 Å². The first kappa shape index (κ1) is 26.2. The number of rotatable bonds is 11. The summed E-state index contributed by atoms with van der Waals surface area (Å²) >= 11 is 6.18. The van der Waals surface area contributed by atoms with Crippen LogP contribution in [-0.2, 0) is 16.6 Å². The molecule has 0 bridgehead atoms. The predicted octanol–water partition coefficient (Wildman–Crippen LogP) is 4.13. The average molecular weight is 519 g/mol. The third kappa shape index (κ3) is 7.03. The number of nitrogens with one attached hydrogen (secondary N) is 1. The maximum Gasteiger partial charge on any atom is 0.251 e. The number of anilines is 1. The minimum absolute atomic E-state index is 0.0795. The van der Waals surface area contributed by atoms with E-state index in [1.807, 2.05) is 12.1 Å². The summed E-state index contributed by atoms with van der Waals surface area (Å²) in [6, 6.07) is 18.8. The Morgan fingerprint density at radius 3 is 2.20 bits per heavy atom. The molecule has 10 heteroatoms. The fraction of sp³-hybridized carbons (Fsp3) is 0.240. The smallest absolute Gasteiger partial charge is 0.251 e. The molecule has 0 radical (unpaired) electrons. The number of hydrogen-bond donors (Lipinski definition) is 1. The van der Waals surface area contributed by atoms with Crippen molar-refractivity contribution >= 4 is 33.2 Å². The van der Waals surface area contributed by atoms with Gasteiger partial charge in [-0.15, -0.1) is 0 Å². The van der Waals surface area contributed by atoms with E-state index in [2.05, 4.69) is 5.32 Å². The molecule has 1 N–H and O–H groups in total. The van der Waals surface area contributed by atoms with Crippen molar-refractivity contribution in [3.8, 4) is 17.2 Å². The molecular formula is C25H27ClN2O6S. The summed E-state index contributed by atoms with van der Waals surface area (Å²) in [5.41, 5.74) is 1.57. The van der Waals surface area contributed by atoms with Crippen molar-refractivity contribution in [2.45, 2.75) is 6.54 Å². The molecule has 0 unspecified atom stereocenters. The molecule has 3 aromatic carbocycles. The molecule has 0 heterocycles. The van der Waals surface area contributed by atoms with Crippen LogP contribution < -0.4 is 23.8 Å². The maximum absolute atomic E-state index is 12.5. The van der Waals surface area contributed by atoms with E-state index in [0.717, 1.165) is 6.26 Å². The standard InChI is InChI=1S/C25H27ClN2O6S/c1-32-22-13-12-20(16-21(22)26)28(35(3,30)31)17-18-8-10-19(11-9-18)25(29)27-14-15-34-24-7-5-4-6-23(24)33-2/h4-13,16H,14-15,17H2,1-3H3,(H,27,29). The van der Waals surface area contributed by atoms with Gasteiger partial charge in [-0.25, -0.2) is 8.42 Å². The number of para-hydroxylation sites is 2. The van der Waals surface area contributed by atoms with Gasteiger partial charge in [0, 0.05) is 5.56 Å². The van der Waals surface area contributed by atoms with Crippen LogP contribution in [0, 0.1) is 0 Å². The summed E-state index contributed by atoms with van der Waals surface area (Å²) in [6.45, 7) is 0.660. The van der Waals surface area contributed by atoms with Gasteiger partial charge in [-0.05, 0) is 48.0 Å². The van der Waals surface area contributed by atoms with Gasteiger partial charge >= 0.3 is 0 Å². The number of methoxy groups -OCH3 is 2. The van der Waals surface area contributed by atoms with Gasteiger partial charge in [0.15, 0.2) is 11.5 Å². The van der Waals surface area contributed by atoms with E-state index in [1.54, 1.807) is 55.6 Å². The van der Waals surface area contributed by atoms with Crippen molar-refractivity contribution in [1.82, 2.24) is 5.32 Å². The molecule has 0 saturated heterocycles. The number of nitrogens with zero attached hydrogens (tertiary/aromatic N) is 1. The normalized spacial score (nSPS) is 11.0. The van der Waals surface area contributed by atoms with E-state index in [4.69, 9.17) is 25.8 Å². The quantitative estimate of drug-likeness (QED) is 0.383. The number of halogens is 1. The Morgan fingerprint density at radius 1 is 0.943 bits per heavy atom. The van der Waals surface area contributed by atoms with Crippen LogP contribution in [0.5, 0.6) is 17.2 Å². The number of benzene rings is 3. The van der Waals surface area contributed by atoms with Crippen molar-refractivity contribution in [3.63, 3.8) is 0 Å². The van der Waals surface area contributed by atoms with Crippen LogP contribution in [0.4, 0.5) is 5.69 Å². The molecule has 0 fully saturated rings. The molecule has 0 aliphatic heterocycles. The van der Waals surface area contributed by atoms with Crippen molar-refractivity contribution in [3.05, 3.63) is 82.9 Å². The fourth-order valence-electron chi connectivity index (χ4n) is 3.30. The average Bonchev–Trinajstić information content (AvgIpc) is 2.85. The monoisotopic (exact) mass is 518 g/mol. The SMILES string of the molecule is COc1ccc(N(Cc2ccc(C(=O)NCCOc3ccccc3OC)cc2)S(C)(=O)=O)cc1Cl. The molecule has 35 heavy (non-hydrogen) atoms. The molecule has 0 spiro atoms. The Kier molecular flexibility index (Phi) is 8.84. The highest BCUT2D eigenvalue weighted by Crippen LogP contribution is 2.31. The highest BCUT2D eigenvalue weighted by atomic mass is 35.5. The molecule has 3 aromatic rings. The van der Waals surface area contributed by atoms with Gasteiger partial charge < -0.3 is 19.5 Å². The molecule has 0 aliphatic rings. The van der Waals surface area contributed by atoms with Gasteiger partial charge in [0.2, 0.25) is 10.0 Å². The largest absolute Gasteiger partial charge is 0.495 e. The van der Waals surface area contributed by atoms with Crippen LogP contribution in [-0.4, -0.2) is 48.0 Å². The van der Waals surface area contributed by atoms with Gasteiger partial charge in [0.05, 0.1) is 44.3 Å². The zero-order valence-electron chi connectivity index (χ0n) is 19.7. The van der Waals surface area contributed by atoms with Gasteiger partial charge in [0.1, 0.15) is 12.4 Å². The second-order valence-electron chi connectivity index (χ2n) is 7.54. The summed E-state index contributed by atoms with van der Waals surface area (Å²) in [5.74, 6) is 1.41. The van der Waals surface area contributed by atoms with E-state index < -0.39 is 10.0 Å². The summed E-state index contributed by atoms with van der Waals surface area (Å²) in [6.07, 6.45) is 1.13. The van der Waals surface area contributed by atoms with Crippen LogP contribution in [0.15, 0.2) is 66.7 Å². The number of amides is 1. The molecule has 3 rings (SSSR count). The lowest BCUT2D eigenvalue weighted by Gasteiger charge is -2.23. The summed E-state index contributed by atoms with van der Waals surface area (Å²) < 4.78 is 42.1. The predicted molar refractivity (Wildman–Crippen MR) is 136 cm³/mol. The van der Waals surface area contributed by atoms with Crippen LogP contribution >= 0.6 is 11.6 Å². The van der Waals surface area contributed by atoms with E-state index in [9.17, 15) is 13.2 Å². The van der Waals surface area contributed by atoms with Crippen LogP contribution in [0.1, 0.15) is 15.9 Å². The van der Waals surface area contributed by atoms with Crippen LogP contribution in [0.25, 0.3) is 0 Å². The summed E-state index contributed by atoms with van der Waals surface area (Å²) in [5, 5.41) is 3.10. The first-order valence-electron chi connectivity index (χ1n) is 10.7. The zero-order valence-corrected chi connectivity index (χ0v) is 21.2. The number of ether oxygens (including phenoxy) is 3. The van der Waals surface area contributed by atoms with Crippen LogP contribution in [0.3, 0.4) is 0 Å². The molecule has 0 atom stereocenters. The Hall–Kier alpha value is -3.43. The minimum Gasteiger partial charge on any atom is -0.495 e. The van der Waals surface area contributed by atoms with E-state index >= 15 is 0 Å². The van der Waals surface area contributed by atoms with Gasteiger partial charge in [-0.2, -0.15) is 0 Å². The lowest BCUT2D eigenvalue weighted by Crippen LogP contribution is -2.29. The second kappa shape index (κ2) is 11.8. The lowest BCUT2D eigenvalue weighted by molar-refractivity contribution is 0.0947. The summed E-state index contributed by atoms with van der Waals surface area (Å²) in [7, 11) is -0.539. The van der Waals surface area contributed by atoms with Crippen molar-refractivity contribution < 1.29 is 27.4 Å². The molecular weight excluding hydrogens is 492 g/mol. The number of hydrogen-bond acceptors (Lipinski definition) is 6. The van der Waals surface area contributed by atoms with Gasteiger partial charge in [-0.3, -0.25) is 9.10 Å². The summed E-state index contributed by atoms with van der Waals surface area (Å²) in [4.78, 5) is 12.5. The Morgan fingerprint density at radius 2 is 1.60 bits per heavy atom. The second-order valence-corrected chi connectivity index (χ2v) is 9.85. The van der Waals surface area contributed by atoms with Crippen molar-refractivity contribution in [2.75, 3.05) is 37.9 Å². The first-order chi connectivity index (χ1) is 16.7.